The number of para-hydroxylation sites is 3. The van der Waals surface area contributed by atoms with Gasteiger partial charge in [-0.15, -0.1) is 0 Å². The summed E-state index contributed by atoms with van der Waals surface area (Å²) in [6.45, 7) is 0. The van der Waals surface area contributed by atoms with Crippen molar-refractivity contribution in [3.63, 3.8) is 0 Å². The number of benzene rings is 13. The predicted molar refractivity (Wildman–Crippen MR) is 323 cm³/mol. The Hall–Kier alpha value is -10.0. The van der Waals surface area contributed by atoms with E-state index >= 15 is 0 Å². The molecule has 78 heavy (non-hydrogen) atoms. The van der Waals surface area contributed by atoms with Crippen LogP contribution in [-0.2, 0) is 10.8 Å². The highest BCUT2D eigenvalue weighted by Crippen LogP contribution is 2.66. The second-order valence-corrected chi connectivity index (χ2v) is 21.8. The van der Waals surface area contributed by atoms with E-state index in [0.29, 0.717) is 0 Å². The second kappa shape index (κ2) is 15.3. The van der Waals surface area contributed by atoms with Gasteiger partial charge in [0, 0.05) is 27.7 Å². The molecule has 0 amide bonds. The maximum Gasteiger partial charge on any atom is 0.0755 e. The van der Waals surface area contributed by atoms with Gasteiger partial charge in [-0.1, -0.05) is 237 Å². The van der Waals surface area contributed by atoms with E-state index in [9.17, 15) is 0 Å². The van der Waals surface area contributed by atoms with Gasteiger partial charge in [0.05, 0.1) is 33.2 Å². The van der Waals surface area contributed by atoms with E-state index in [2.05, 4.69) is 289 Å². The molecule has 18 rings (SSSR count). The molecule has 1 unspecified atom stereocenters. The van der Waals surface area contributed by atoms with Crippen molar-refractivity contribution in [1.29, 1.82) is 0 Å². The summed E-state index contributed by atoms with van der Waals surface area (Å²) < 4.78 is 2.54. The van der Waals surface area contributed by atoms with E-state index in [-0.39, 0.29) is 0 Å². The molecule has 0 bridgehead atoms. The fourth-order valence-electron chi connectivity index (χ4n) is 15.5. The molecule has 2 heteroatoms. The largest absolute Gasteiger partial charge is 0.310 e. The zero-order chi connectivity index (χ0) is 50.8. The van der Waals surface area contributed by atoms with Crippen LogP contribution in [-0.4, -0.2) is 4.57 Å². The molecule has 2 heterocycles. The van der Waals surface area contributed by atoms with Crippen molar-refractivity contribution < 1.29 is 0 Å². The molecular weight excluding hydrogens is 941 g/mol. The monoisotopic (exact) mass is 986 g/mol. The Morgan fingerprint density at radius 2 is 0.795 bits per heavy atom. The SMILES string of the molecule is c1ccc2c(c1)-c1ccccc1C21c2cc(N(c3ccc(-c4cccc5ccccc45)cc3)c3cccc4c3-c3ccccc3C43c4ccccc4-n4c5ccccc5c5cccc3c54)ccc2-c2c1ccc1ccccc21. The lowest BCUT2D eigenvalue weighted by molar-refractivity contribution is 0.748. The van der Waals surface area contributed by atoms with Gasteiger partial charge in [-0.2, -0.15) is 0 Å². The molecular formula is C76H46N2. The first-order valence-electron chi connectivity index (χ1n) is 27.3. The average molecular weight is 987 g/mol. The molecule has 0 N–H and O–H groups in total. The molecule has 1 atom stereocenters. The van der Waals surface area contributed by atoms with Crippen LogP contribution in [0.3, 0.4) is 0 Å². The first kappa shape index (κ1) is 42.2. The van der Waals surface area contributed by atoms with Gasteiger partial charge in [0.2, 0.25) is 0 Å². The summed E-state index contributed by atoms with van der Waals surface area (Å²) in [7, 11) is 0. The third-order valence-electron chi connectivity index (χ3n) is 18.4. The fraction of sp³-hybridized carbons (Fsp3) is 0.0263. The molecule has 1 aromatic heterocycles. The molecule has 360 valence electrons. The van der Waals surface area contributed by atoms with Crippen LogP contribution in [0.15, 0.2) is 279 Å². The van der Waals surface area contributed by atoms with Crippen LogP contribution in [0.25, 0.3) is 93.5 Å². The fourth-order valence-corrected chi connectivity index (χ4v) is 15.5. The topological polar surface area (TPSA) is 8.17 Å². The quantitative estimate of drug-likeness (QED) is 0.171. The Morgan fingerprint density at radius 1 is 0.282 bits per heavy atom. The highest BCUT2D eigenvalue weighted by molar-refractivity contribution is 6.14. The van der Waals surface area contributed by atoms with E-state index in [1.807, 2.05) is 0 Å². The molecule has 2 spiro atoms. The van der Waals surface area contributed by atoms with Crippen molar-refractivity contribution in [3.05, 3.63) is 324 Å². The Morgan fingerprint density at radius 3 is 1.59 bits per heavy atom. The second-order valence-electron chi connectivity index (χ2n) is 21.8. The molecule has 0 saturated heterocycles. The van der Waals surface area contributed by atoms with E-state index < -0.39 is 10.8 Å². The minimum atomic E-state index is -0.603. The summed E-state index contributed by atoms with van der Waals surface area (Å²) in [5, 5.41) is 7.59. The molecule has 1 aliphatic heterocycles. The molecule has 13 aromatic carbocycles. The summed E-state index contributed by atoms with van der Waals surface area (Å²) in [4.78, 5) is 2.58. The highest BCUT2D eigenvalue weighted by Gasteiger charge is 2.54. The van der Waals surface area contributed by atoms with E-state index in [1.165, 1.54) is 138 Å². The Bertz CT molecular complexity index is 4890. The number of hydrogen-bond acceptors (Lipinski definition) is 1. The number of anilines is 3. The van der Waals surface area contributed by atoms with Gasteiger partial charge in [-0.3, -0.25) is 0 Å². The van der Waals surface area contributed by atoms with Crippen molar-refractivity contribution in [2.45, 2.75) is 10.8 Å². The van der Waals surface area contributed by atoms with Crippen molar-refractivity contribution in [1.82, 2.24) is 4.57 Å². The Balaban J connectivity index is 0.938. The van der Waals surface area contributed by atoms with Gasteiger partial charge in [0.25, 0.3) is 0 Å². The van der Waals surface area contributed by atoms with Crippen LogP contribution in [0.5, 0.6) is 0 Å². The van der Waals surface area contributed by atoms with Crippen molar-refractivity contribution >= 4 is 60.4 Å². The Labute approximate surface area is 452 Å². The standard InChI is InChI=1S/C76H46N2/c1-3-21-52-47(18-1)20-15-27-53(52)49-38-41-50(42-39-49)77(51-43-44-60-68(46-51)75(66-45-40-48-19-2-4-22-54(48)72(60)66)61-29-9-5-23-55(61)56-24-6-10-30-62(56)75)71-37-17-33-65-73(71)59-26-7-11-31-63(59)76(65)64-32-12-14-36-70(64)78-69-35-13-8-25-57(69)58-28-16-34-67(76)74(58)78/h1-46H. The van der Waals surface area contributed by atoms with Crippen LogP contribution in [0.4, 0.5) is 17.1 Å². The summed E-state index contributed by atoms with van der Waals surface area (Å²) >= 11 is 0. The molecule has 14 aromatic rings. The molecule has 2 nitrogen and oxygen atoms in total. The van der Waals surface area contributed by atoms with Crippen LogP contribution in [0.2, 0.25) is 0 Å². The van der Waals surface area contributed by atoms with Crippen molar-refractivity contribution in [3.8, 4) is 50.2 Å². The number of rotatable bonds is 4. The van der Waals surface area contributed by atoms with Gasteiger partial charge in [-0.05, 0) is 147 Å². The number of hydrogen-bond donors (Lipinski definition) is 0. The van der Waals surface area contributed by atoms with Crippen LogP contribution in [0, 0.1) is 0 Å². The summed E-state index contributed by atoms with van der Waals surface area (Å²) in [6, 6.07) is 106. The first-order valence-corrected chi connectivity index (χ1v) is 27.3. The van der Waals surface area contributed by atoms with Gasteiger partial charge in [0.1, 0.15) is 0 Å². The molecule has 3 aliphatic carbocycles. The number of fused-ring (bicyclic) bond motifs is 25. The highest BCUT2D eigenvalue weighted by atomic mass is 15.1. The summed E-state index contributed by atoms with van der Waals surface area (Å²) in [5.74, 6) is 0. The minimum Gasteiger partial charge on any atom is -0.310 e. The predicted octanol–water partition coefficient (Wildman–Crippen LogP) is 19.2. The number of nitrogens with zero attached hydrogens (tertiary/aromatic N) is 2. The maximum atomic E-state index is 2.58. The smallest absolute Gasteiger partial charge is 0.0755 e. The normalized spacial score (nSPS) is 15.3. The van der Waals surface area contributed by atoms with Gasteiger partial charge in [0.15, 0.2) is 0 Å². The van der Waals surface area contributed by atoms with Crippen LogP contribution < -0.4 is 4.90 Å². The minimum absolute atomic E-state index is 0.542. The van der Waals surface area contributed by atoms with Gasteiger partial charge in [-0.25, -0.2) is 0 Å². The molecule has 0 saturated carbocycles. The zero-order valence-corrected chi connectivity index (χ0v) is 42.5. The number of aromatic nitrogens is 1. The van der Waals surface area contributed by atoms with Gasteiger partial charge < -0.3 is 9.47 Å². The van der Waals surface area contributed by atoms with E-state index in [1.54, 1.807) is 0 Å². The first-order chi connectivity index (χ1) is 38.7. The lowest BCUT2D eigenvalue weighted by Gasteiger charge is -2.39. The van der Waals surface area contributed by atoms with Crippen molar-refractivity contribution in [2.24, 2.45) is 0 Å². The average Bonchev–Trinajstić information content (AvgIpc) is 2.95. The van der Waals surface area contributed by atoms with Crippen molar-refractivity contribution in [2.75, 3.05) is 4.90 Å². The van der Waals surface area contributed by atoms with Gasteiger partial charge >= 0.3 is 0 Å². The molecule has 4 aliphatic rings. The third kappa shape index (κ3) is 5.13. The molecule has 0 fully saturated rings. The third-order valence-corrected chi connectivity index (χ3v) is 18.4. The summed E-state index contributed by atoms with van der Waals surface area (Å²) in [6.07, 6.45) is 0. The lowest BCUT2D eigenvalue weighted by Crippen LogP contribution is -2.33. The van der Waals surface area contributed by atoms with Crippen LogP contribution >= 0.6 is 0 Å². The van der Waals surface area contributed by atoms with E-state index in [4.69, 9.17) is 0 Å². The zero-order valence-electron chi connectivity index (χ0n) is 42.5. The molecule has 0 radical (unpaired) electrons. The Kier molecular flexibility index (Phi) is 8.29. The maximum absolute atomic E-state index is 2.58. The lowest BCUT2D eigenvalue weighted by atomic mass is 9.65. The van der Waals surface area contributed by atoms with E-state index in [0.717, 1.165) is 17.1 Å². The summed E-state index contributed by atoms with van der Waals surface area (Å²) in [5.41, 5.74) is 26.6. The van der Waals surface area contributed by atoms with Crippen LogP contribution in [0.1, 0.15) is 44.5 Å².